The van der Waals surface area contributed by atoms with Crippen LogP contribution in [0.25, 0.3) is 0 Å². The summed E-state index contributed by atoms with van der Waals surface area (Å²) in [5.41, 5.74) is 0. The van der Waals surface area contributed by atoms with E-state index in [0.717, 1.165) is 0 Å². The van der Waals surface area contributed by atoms with Crippen molar-refractivity contribution in [3.63, 3.8) is 0 Å². The maximum absolute atomic E-state index is 11.0. The minimum absolute atomic E-state index is 0.182. The number of nitrogens with zero attached hydrogens (tertiary/aromatic N) is 3. The summed E-state index contributed by atoms with van der Waals surface area (Å²) in [4.78, 5) is 11.0. The Morgan fingerprint density at radius 3 is 3.07 bits per heavy atom. The van der Waals surface area contributed by atoms with Crippen LogP contribution in [0.3, 0.4) is 0 Å². The SMILES string of the molecule is COc1cc(NC(=O)CC#N)nn1C. The lowest BCUT2D eigenvalue weighted by atomic mass is 10.4. The van der Waals surface area contributed by atoms with E-state index in [1.807, 2.05) is 0 Å². The molecule has 0 aliphatic rings. The lowest BCUT2D eigenvalue weighted by Crippen LogP contribution is -2.10. The maximum Gasteiger partial charge on any atom is 0.239 e. The van der Waals surface area contributed by atoms with E-state index >= 15 is 0 Å². The minimum Gasteiger partial charge on any atom is -0.481 e. The first-order valence-electron chi connectivity index (χ1n) is 3.92. The molecule has 0 aromatic carbocycles. The third kappa shape index (κ3) is 2.23. The molecule has 14 heavy (non-hydrogen) atoms. The average molecular weight is 194 g/mol. The predicted molar refractivity (Wildman–Crippen MR) is 48.6 cm³/mol. The summed E-state index contributed by atoms with van der Waals surface area (Å²) in [6.45, 7) is 0. The molecule has 0 fully saturated rings. The van der Waals surface area contributed by atoms with Crippen LogP contribution in [0.2, 0.25) is 0 Å². The van der Waals surface area contributed by atoms with Crippen molar-refractivity contribution in [1.29, 1.82) is 5.26 Å². The van der Waals surface area contributed by atoms with Crippen molar-refractivity contribution in [2.75, 3.05) is 12.4 Å². The summed E-state index contributed by atoms with van der Waals surface area (Å²) >= 11 is 0. The molecule has 6 heteroatoms. The molecule has 1 heterocycles. The van der Waals surface area contributed by atoms with Gasteiger partial charge in [0.25, 0.3) is 0 Å². The van der Waals surface area contributed by atoms with Gasteiger partial charge in [-0.05, 0) is 0 Å². The van der Waals surface area contributed by atoms with E-state index in [9.17, 15) is 4.79 Å². The summed E-state index contributed by atoms with van der Waals surface area (Å²) in [5.74, 6) is 0.537. The number of carbonyl (C=O) groups is 1. The number of amides is 1. The second-order valence-corrected chi connectivity index (χ2v) is 2.58. The molecule has 0 saturated heterocycles. The maximum atomic E-state index is 11.0. The fraction of sp³-hybridized carbons (Fsp3) is 0.375. The van der Waals surface area contributed by atoms with Gasteiger partial charge in [0.1, 0.15) is 6.42 Å². The molecule has 1 amide bonds. The van der Waals surface area contributed by atoms with E-state index in [1.54, 1.807) is 19.2 Å². The third-order valence-electron chi connectivity index (χ3n) is 1.55. The highest BCUT2D eigenvalue weighted by molar-refractivity contribution is 5.91. The monoisotopic (exact) mass is 194 g/mol. The number of aryl methyl sites for hydroxylation is 1. The van der Waals surface area contributed by atoms with Crippen molar-refractivity contribution < 1.29 is 9.53 Å². The molecule has 0 aliphatic carbocycles. The van der Waals surface area contributed by atoms with Crippen LogP contribution in [0, 0.1) is 11.3 Å². The van der Waals surface area contributed by atoms with Gasteiger partial charge in [0, 0.05) is 13.1 Å². The molecular weight excluding hydrogens is 184 g/mol. The first-order chi connectivity index (χ1) is 6.67. The Bertz CT molecular complexity index is 377. The molecule has 0 atom stereocenters. The molecule has 0 unspecified atom stereocenters. The normalized spacial score (nSPS) is 9.21. The van der Waals surface area contributed by atoms with Crippen molar-refractivity contribution in [2.24, 2.45) is 7.05 Å². The summed E-state index contributed by atoms with van der Waals surface area (Å²) in [7, 11) is 3.21. The lowest BCUT2D eigenvalue weighted by Gasteiger charge is -1.95. The molecule has 0 saturated carbocycles. The number of nitrogens with one attached hydrogen (secondary N) is 1. The molecule has 74 valence electrons. The van der Waals surface area contributed by atoms with E-state index < -0.39 is 0 Å². The number of rotatable bonds is 3. The molecule has 0 radical (unpaired) electrons. The quantitative estimate of drug-likeness (QED) is 0.749. The van der Waals surface area contributed by atoms with Gasteiger partial charge in [-0.2, -0.15) is 10.4 Å². The number of carbonyl (C=O) groups excluding carboxylic acids is 1. The number of nitriles is 1. The number of anilines is 1. The average Bonchev–Trinajstić information content (AvgIpc) is 2.46. The Labute approximate surface area is 81.1 Å². The van der Waals surface area contributed by atoms with Crippen molar-refractivity contribution in [3.8, 4) is 11.9 Å². The number of aromatic nitrogens is 2. The Hall–Kier alpha value is -2.03. The van der Waals surface area contributed by atoms with Gasteiger partial charge in [-0.3, -0.25) is 4.79 Å². The van der Waals surface area contributed by atoms with E-state index in [-0.39, 0.29) is 12.3 Å². The van der Waals surface area contributed by atoms with Crippen LogP contribution in [0.15, 0.2) is 6.07 Å². The van der Waals surface area contributed by atoms with Gasteiger partial charge in [-0.25, -0.2) is 4.68 Å². The Morgan fingerprint density at radius 1 is 1.86 bits per heavy atom. The lowest BCUT2D eigenvalue weighted by molar-refractivity contribution is -0.115. The highest BCUT2D eigenvalue weighted by atomic mass is 16.5. The second-order valence-electron chi connectivity index (χ2n) is 2.58. The smallest absolute Gasteiger partial charge is 0.239 e. The fourth-order valence-corrected chi connectivity index (χ4v) is 0.961. The van der Waals surface area contributed by atoms with Crippen molar-refractivity contribution >= 4 is 11.7 Å². The van der Waals surface area contributed by atoms with Gasteiger partial charge in [-0.15, -0.1) is 0 Å². The van der Waals surface area contributed by atoms with Crippen LogP contribution in [0.4, 0.5) is 5.82 Å². The predicted octanol–water partition coefficient (Wildman–Crippen LogP) is 0.281. The summed E-state index contributed by atoms with van der Waals surface area (Å²) in [6.07, 6.45) is -0.182. The van der Waals surface area contributed by atoms with E-state index in [0.29, 0.717) is 11.7 Å². The van der Waals surface area contributed by atoms with Crippen LogP contribution in [0.1, 0.15) is 6.42 Å². The van der Waals surface area contributed by atoms with Gasteiger partial charge in [0.2, 0.25) is 11.8 Å². The Kier molecular flexibility index (Phi) is 3.07. The van der Waals surface area contributed by atoms with Gasteiger partial charge >= 0.3 is 0 Å². The van der Waals surface area contributed by atoms with Gasteiger partial charge in [0.05, 0.1) is 13.2 Å². The van der Waals surface area contributed by atoms with Gasteiger partial charge in [0.15, 0.2) is 5.82 Å². The molecule has 6 nitrogen and oxygen atoms in total. The molecule has 0 spiro atoms. The first-order valence-corrected chi connectivity index (χ1v) is 3.92. The zero-order valence-corrected chi connectivity index (χ0v) is 7.94. The molecule has 1 rings (SSSR count). The minimum atomic E-state index is -0.381. The van der Waals surface area contributed by atoms with Crippen LogP contribution < -0.4 is 10.1 Å². The zero-order valence-electron chi connectivity index (χ0n) is 7.94. The molecule has 1 aromatic rings. The van der Waals surface area contributed by atoms with Crippen molar-refractivity contribution in [3.05, 3.63) is 6.07 Å². The third-order valence-corrected chi connectivity index (χ3v) is 1.55. The molecule has 0 aliphatic heterocycles. The zero-order chi connectivity index (χ0) is 10.6. The number of ether oxygens (including phenoxy) is 1. The molecule has 1 aromatic heterocycles. The topological polar surface area (TPSA) is 79.9 Å². The van der Waals surface area contributed by atoms with Crippen LogP contribution >= 0.6 is 0 Å². The summed E-state index contributed by atoms with van der Waals surface area (Å²) in [6, 6.07) is 3.32. The molecule has 0 bridgehead atoms. The Balaban J connectivity index is 2.69. The van der Waals surface area contributed by atoms with Crippen molar-refractivity contribution in [2.45, 2.75) is 6.42 Å². The first kappa shape index (κ1) is 10.1. The standard InChI is InChI=1S/C8H10N4O2/c1-12-8(14-2)5-6(11-12)10-7(13)3-4-9/h5H,3H2,1-2H3,(H,10,11,13). The van der Waals surface area contributed by atoms with Gasteiger partial charge < -0.3 is 10.1 Å². The number of methoxy groups -OCH3 is 1. The van der Waals surface area contributed by atoms with Gasteiger partial charge in [-0.1, -0.05) is 0 Å². The molecular formula is C8H10N4O2. The van der Waals surface area contributed by atoms with E-state index in [4.69, 9.17) is 10.00 Å². The highest BCUT2D eigenvalue weighted by Crippen LogP contribution is 2.14. The Morgan fingerprint density at radius 2 is 2.57 bits per heavy atom. The van der Waals surface area contributed by atoms with Crippen molar-refractivity contribution in [1.82, 2.24) is 9.78 Å². The number of hydrogen-bond acceptors (Lipinski definition) is 4. The number of hydrogen-bond donors (Lipinski definition) is 1. The summed E-state index contributed by atoms with van der Waals surface area (Å²) < 4.78 is 6.44. The van der Waals surface area contributed by atoms with Crippen LogP contribution in [0.5, 0.6) is 5.88 Å². The fourth-order valence-electron chi connectivity index (χ4n) is 0.961. The second kappa shape index (κ2) is 4.28. The van der Waals surface area contributed by atoms with Crippen LogP contribution in [-0.4, -0.2) is 22.8 Å². The van der Waals surface area contributed by atoms with Crippen LogP contribution in [-0.2, 0) is 11.8 Å². The van der Waals surface area contributed by atoms with E-state index in [2.05, 4.69) is 10.4 Å². The highest BCUT2D eigenvalue weighted by Gasteiger charge is 2.07. The largest absolute Gasteiger partial charge is 0.481 e. The summed E-state index contributed by atoms with van der Waals surface area (Å²) in [5, 5.41) is 14.7. The molecule has 1 N–H and O–H groups in total. The van der Waals surface area contributed by atoms with E-state index in [1.165, 1.54) is 11.8 Å².